The molecule has 0 aromatic heterocycles. The van der Waals surface area contributed by atoms with E-state index in [-0.39, 0.29) is 11.2 Å². The first-order chi connectivity index (χ1) is 8.04. The van der Waals surface area contributed by atoms with Gasteiger partial charge in [0.05, 0.1) is 5.25 Å². The van der Waals surface area contributed by atoms with Crippen molar-refractivity contribution in [2.75, 3.05) is 12.3 Å². The lowest BCUT2D eigenvalue weighted by molar-refractivity contribution is -0.120. The van der Waals surface area contributed by atoms with E-state index in [1.54, 1.807) is 6.08 Å². The number of hydrogen-bond donors (Lipinski definition) is 2. The molecule has 0 radical (unpaired) electrons. The van der Waals surface area contributed by atoms with Crippen LogP contribution in [0.3, 0.4) is 0 Å². The van der Waals surface area contributed by atoms with E-state index in [9.17, 15) is 4.79 Å². The molecule has 0 saturated heterocycles. The van der Waals surface area contributed by atoms with Crippen LogP contribution in [0, 0.1) is 6.92 Å². The third-order valence-corrected chi connectivity index (χ3v) is 3.45. The van der Waals surface area contributed by atoms with Gasteiger partial charge in [0.2, 0.25) is 5.91 Å². The molecule has 0 bridgehead atoms. The third kappa shape index (κ3) is 4.15. The molecule has 3 nitrogen and oxygen atoms in total. The van der Waals surface area contributed by atoms with Crippen LogP contribution in [0.25, 0.3) is 0 Å². The molecule has 92 valence electrons. The van der Waals surface area contributed by atoms with Crippen molar-refractivity contribution in [2.45, 2.75) is 24.0 Å². The Morgan fingerprint density at radius 3 is 2.94 bits per heavy atom. The summed E-state index contributed by atoms with van der Waals surface area (Å²) < 4.78 is 0. The number of amides is 1. The lowest BCUT2D eigenvalue weighted by Crippen LogP contribution is -2.30. The molecule has 1 amide bonds. The summed E-state index contributed by atoms with van der Waals surface area (Å²) in [6, 6.07) is 5.86. The number of rotatable bonds is 5. The maximum Gasteiger partial charge on any atom is 0.233 e. The molecule has 0 aliphatic heterocycles. The van der Waals surface area contributed by atoms with E-state index in [2.05, 4.69) is 11.9 Å². The van der Waals surface area contributed by atoms with E-state index >= 15 is 0 Å². The summed E-state index contributed by atoms with van der Waals surface area (Å²) in [5.41, 5.74) is 7.74. The highest BCUT2D eigenvalue weighted by atomic mass is 32.2. The zero-order valence-electron chi connectivity index (χ0n) is 10.2. The number of aryl methyl sites for hydroxylation is 1. The standard InChI is InChI=1S/C13H18N2OS/c1-4-7-15-13(16)10(3)17-12-6-5-9(2)8-11(12)14/h4-6,8,10H,1,7,14H2,2-3H3,(H,15,16). The Kier molecular flexibility index (Phi) is 5.10. The van der Waals surface area contributed by atoms with Gasteiger partial charge in [-0.25, -0.2) is 0 Å². The number of carbonyl (C=O) groups excluding carboxylic acids is 1. The first-order valence-electron chi connectivity index (χ1n) is 5.46. The second kappa shape index (κ2) is 6.35. The quantitative estimate of drug-likeness (QED) is 0.479. The van der Waals surface area contributed by atoms with Crippen LogP contribution >= 0.6 is 11.8 Å². The molecule has 0 spiro atoms. The molecule has 1 atom stereocenters. The summed E-state index contributed by atoms with van der Waals surface area (Å²) in [6.45, 7) is 7.91. The minimum Gasteiger partial charge on any atom is -0.398 e. The molecule has 0 fully saturated rings. The predicted octanol–water partition coefficient (Wildman–Crippen LogP) is 2.36. The van der Waals surface area contributed by atoms with Gasteiger partial charge in [-0.2, -0.15) is 0 Å². The van der Waals surface area contributed by atoms with Crippen molar-refractivity contribution < 1.29 is 4.79 Å². The SMILES string of the molecule is C=CCNC(=O)C(C)Sc1ccc(C)cc1N. The number of nitrogens with one attached hydrogen (secondary N) is 1. The highest BCUT2D eigenvalue weighted by Crippen LogP contribution is 2.29. The summed E-state index contributed by atoms with van der Waals surface area (Å²) in [5.74, 6) is -0.00475. The first-order valence-corrected chi connectivity index (χ1v) is 6.34. The van der Waals surface area contributed by atoms with E-state index < -0.39 is 0 Å². The average Bonchev–Trinajstić information content (AvgIpc) is 2.29. The topological polar surface area (TPSA) is 55.1 Å². The van der Waals surface area contributed by atoms with Crippen LogP contribution in [0.4, 0.5) is 5.69 Å². The van der Waals surface area contributed by atoms with Crippen molar-refractivity contribution in [3.05, 3.63) is 36.4 Å². The van der Waals surface area contributed by atoms with E-state index in [4.69, 9.17) is 5.73 Å². The number of anilines is 1. The molecular weight excluding hydrogens is 232 g/mol. The van der Waals surface area contributed by atoms with Crippen LogP contribution in [0.5, 0.6) is 0 Å². The van der Waals surface area contributed by atoms with E-state index in [0.29, 0.717) is 6.54 Å². The minimum absolute atomic E-state index is 0.00475. The van der Waals surface area contributed by atoms with E-state index in [1.165, 1.54) is 11.8 Å². The number of benzene rings is 1. The largest absolute Gasteiger partial charge is 0.398 e. The van der Waals surface area contributed by atoms with Crippen LogP contribution < -0.4 is 11.1 Å². The van der Waals surface area contributed by atoms with Crippen molar-refractivity contribution >= 4 is 23.4 Å². The second-order valence-corrected chi connectivity index (χ2v) is 5.22. The molecule has 1 aromatic carbocycles. The minimum atomic E-state index is -0.167. The van der Waals surface area contributed by atoms with E-state index in [0.717, 1.165) is 16.1 Å². The summed E-state index contributed by atoms with van der Waals surface area (Å²) in [7, 11) is 0. The van der Waals surface area contributed by atoms with Gasteiger partial charge in [0.15, 0.2) is 0 Å². The molecule has 3 N–H and O–H groups in total. The van der Waals surface area contributed by atoms with E-state index in [1.807, 2.05) is 32.0 Å². The van der Waals surface area contributed by atoms with Gasteiger partial charge in [-0.15, -0.1) is 18.3 Å². The number of hydrogen-bond acceptors (Lipinski definition) is 3. The molecule has 1 aromatic rings. The van der Waals surface area contributed by atoms with Crippen LogP contribution in [0.15, 0.2) is 35.7 Å². The number of thioether (sulfide) groups is 1. The maximum atomic E-state index is 11.7. The summed E-state index contributed by atoms with van der Waals surface area (Å²) in [5, 5.41) is 2.60. The molecule has 17 heavy (non-hydrogen) atoms. The predicted molar refractivity (Wildman–Crippen MR) is 74.1 cm³/mol. The monoisotopic (exact) mass is 250 g/mol. The third-order valence-electron chi connectivity index (χ3n) is 2.26. The smallest absolute Gasteiger partial charge is 0.233 e. The van der Waals surface area contributed by atoms with Crippen LogP contribution in [0.2, 0.25) is 0 Å². The molecular formula is C13H18N2OS. The van der Waals surface area contributed by atoms with Gasteiger partial charge in [-0.05, 0) is 31.5 Å². The van der Waals surface area contributed by atoms with Crippen molar-refractivity contribution in [2.24, 2.45) is 0 Å². The number of nitrogen functional groups attached to an aromatic ring is 1. The second-order valence-electron chi connectivity index (χ2n) is 3.84. The normalized spacial score (nSPS) is 11.9. The van der Waals surface area contributed by atoms with Crippen LogP contribution in [-0.4, -0.2) is 17.7 Å². The average molecular weight is 250 g/mol. The van der Waals surface area contributed by atoms with Crippen molar-refractivity contribution in [1.29, 1.82) is 0 Å². The first kappa shape index (κ1) is 13.6. The van der Waals surface area contributed by atoms with Crippen LogP contribution in [-0.2, 0) is 4.79 Å². The van der Waals surface area contributed by atoms with Gasteiger partial charge >= 0.3 is 0 Å². The Hall–Kier alpha value is -1.42. The summed E-state index contributed by atoms with van der Waals surface area (Å²) in [6.07, 6.45) is 1.66. The van der Waals surface area contributed by atoms with Gasteiger partial charge in [0, 0.05) is 17.1 Å². The van der Waals surface area contributed by atoms with Gasteiger partial charge < -0.3 is 11.1 Å². The van der Waals surface area contributed by atoms with Gasteiger partial charge in [0.25, 0.3) is 0 Å². The molecule has 1 unspecified atom stereocenters. The molecule has 0 heterocycles. The Labute approximate surface area is 106 Å². The Morgan fingerprint density at radius 1 is 1.65 bits per heavy atom. The highest BCUT2D eigenvalue weighted by molar-refractivity contribution is 8.00. The fraction of sp³-hybridized carbons (Fsp3) is 0.308. The zero-order valence-corrected chi connectivity index (χ0v) is 11.0. The molecule has 0 aliphatic carbocycles. The van der Waals surface area contributed by atoms with Crippen molar-refractivity contribution in [3.8, 4) is 0 Å². The van der Waals surface area contributed by atoms with Crippen molar-refractivity contribution in [1.82, 2.24) is 5.32 Å². The summed E-state index contributed by atoms with van der Waals surface area (Å²) >= 11 is 1.47. The highest BCUT2D eigenvalue weighted by Gasteiger charge is 2.14. The fourth-order valence-electron chi connectivity index (χ4n) is 1.34. The fourth-order valence-corrected chi connectivity index (χ4v) is 2.25. The lowest BCUT2D eigenvalue weighted by atomic mass is 10.2. The van der Waals surface area contributed by atoms with Crippen LogP contribution in [0.1, 0.15) is 12.5 Å². The Morgan fingerprint density at radius 2 is 2.35 bits per heavy atom. The van der Waals surface area contributed by atoms with Gasteiger partial charge in [-0.1, -0.05) is 12.1 Å². The molecule has 1 rings (SSSR count). The van der Waals surface area contributed by atoms with Crippen molar-refractivity contribution in [3.63, 3.8) is 0 Å². The Bertz CT molecular complexity index is 418. The molecule has 4 heteroatoms. The number of carbonyl (C=O) groups is 1. The maximum absolute atomic E-state index is 11.7. The number of nitrogens with two attached hydrogens (primary N) is 1. The van der Waals surface area contributed by atoms with Gasteiger partial charge in [0.1, 0.15) is 0 Å². The molecule has 0 saturated carbocycles. The lowest BCUT2D eigenvalue weighted by Gasteiger charge is -2.12. The molecule has 0 aliphatic rings. The zero-order chi connectivity index (χ0) is 12.8. The Balaban J connectivity index is 2.64. The van der Waals surface area contributed by atoms with Gasteiger partial charge in [-0.3, -0.25) is 4.79 Å². The summed E-state index contributed by atoms with van der Waals surface area (Å²) in [4.78, 5) is 12.6.